The van der Waals surface area contributed by atoms with E-state index in [1.807, 2.05) is 24.3 Å². The topological polar surface area (TPSA) is 21.3 Å². The van der Waals surface area contributed by atoms with Crippen molar-refractivity contribution < 1.29 is 4.74 Å². The molecule has 2 atom stereocenters. The molecule has 0 heterocycles. The molecule has 1 aromatic carbocycles. The van der Waals surface area contributed by atoms with E-state index in [0.29, 0.717) is 12.6 Å². The average Bonchev–Trinajstić information content (AvgIpc) is 2.36. The molecule has 1 aromatic rings. The Hall–Kier alpha value is -0.540. The van der Waals surface area contributed by atoms with E-state index in [1.54, 1.807) is 0 Å². The molecule has 0 amide bonds. The Morgan fingerprint density at radius 1 is 1.22 bits per heavy atom. The molecule has 18 heavy (non-hydrogen) atoms. The van der Waals surface area contributed by atoms with Crippen LogP contribution in [0.4, 0.5) is 0 Å². The third-order valence-electron chi connectivity index (χ3n) is 3.13. The van der Waals surface area contributed by atoms with E-state index in [0.717, 1.165) is 22.7 Å². The van der Waals surface area contributed by atoms with Crippen molar-refractivity contribution in [1.29, 1.82) is 0 Å². The van der Waals surface area contributed by atoms with Gasteiger partial charge in [-0.2, -0.15) is 0 Å². The zero-order valence-electron chi connectivity index (χ0n) is 11.6. The maximum Gasteiger partial charge on any atom is 0.119 e. The van der Waals surface area contributed by atoms with E-state index < -0.39 is 0 Å². The van der Waals surface area contributed by atoms with Crippen LogP contribution in [0, 0.1) is 5.92 Å². The van der Waals surface area contributed by atoms with Gasteiger partial charge in [-0.1, -0.05) is 36.2 Å². The van der Waals surface area contributed by atoms with Gasteiger partial charge in [0.2, 0.25) is 0 Å². The highest BCUT2D eigenvalue weighted by Gasteiger charge is 2.05. The van der Waals surface area contributed by atoms with Gasteiger partial charge in [0.15, 0.2) is 0 Å². The molecule has 0 saturated carbocycles. The number of nitrogens with one attached hydrogen (secondary N) is 1. The number of ether oxygens (including phenoxy) is 1. The molecule has 3 heteroatoms. The Bertz CT molecular complexity index is 326. The Morgan fingerprint density at radius 2 is 1.89 bits per heavy atom. The second kappa shape index (κ2) is 8.54. The molecule has 0 aliphatic heterocycles. The summed E-state index contributed by atoms with van der Waals surface area (Å²) in [6.45, 7) is 8.40. The van der Waals surface area contributed by atoms with Crippen LogP contribution in [0.2, 0.25) is 0 Å². The molecule has 1 rings (SSSR count). The molecule has 0 radical (unpaired) electrons. The fourth-order valence-corrected chi connectivity index (χ4v) is 2.12. The molecule has 2 nitrogen and oxygen atoms in total. The summed E-state index contributed by atoms with van der Waals surface area (Å²) in [6.07, 6.45) is 2.48. The minimum Gasteiger partial charge on any atom is -0.492 e. The van der Waals surface area contributed by atoms with Crippen LogP contribution in [-0.2, 0) is 0 Å². The first-order valence-electron chi connectivity index (χ1n) is 6.73. The lowest BCUT2D eigenvalue weighted by Crippen LogP contribution is -2.31. The van der Waals surface area contributed by atoms with Gasteiger partial charge in [-0.15, -0.1) is 0 Å². The van der Waals surface area contributed by atoms with Gasteiger partial charge in [0.1, 0.15) is 12.4 Å². The van der Waals surface area contributed by atoms with Crippen LogP contribution in [0.15, 0.2) is 28.7 Å². The Balaban J connectivity index is 2.13. The number of hydrogen-bond donors (Lipinski definition) is 1. The van der Waals surface area contributed by atoms with Gasteiger partial charge in [-0.25, -0.2) is 0 Å². The molecular weight excluding hydrogens is 290 g/mol. The summed E-state index contributed by atoms with van der Waals surface area (Å²) >= 11 is 3.41. The highest BCUT2D eigenvalue weighted by Crippen LogP contribution is 2.15. The Labute approximate surface area is 119 Å². The van der Waals surface area contributed by atoms with Gasteiger partial charge >= 0.3 is 0 Å². The molecule has 0 spiro atoms. The van der Waals surface area contributed by atoms with Gasteiger partial charge in [0, 0.05) is 17.1 Å². The van der Waals surface area contributed by atoms with E-state index in [4.69, 9.17) is 4.74 Å². The third-order valence-corrected chi connectivity index (χ3v) is 3.66. The van der Waals surface area contributed by atoms with E-state index in [2.05, 4.69) is 42.0 Å². The monoisotopic (exact) mass is 313 g/mol. The quantitative estimate of drug-likeness (QED) is 0.725. The van der Waals surface area contributed by atoms with Gasteiger partial charge in [-0.05, 0) is 43.5 Å². The van der Waals surface area contributed by atoms with Crippen LogP contribution >= 0.6 is 15.9 Å². The zero-order valence-corrected chi connectivity index (χ0v) is 13.2. The first-order valence-corrected chi connectivity index (χ1v) is 7.52. The van der Waals surface area contributed by atoms with Crippen LogP contribution in [-0.4, -0.2) is 19.2 Å². The summed E-state index contributed by atoms with van der Waals surface area (Å²) in [4.78, 5) is 0. The van der Waals surface area contributed by atoms with Crippen LogP contribution in [0.25, 0.3) is 0 Å². The first kappa shape index (κ1) is 15.5. The van der Waals surface area contributed by atoms with Gasteiger partial charge in [0.05, 0.1) is 0 Å². The minimum atomic E-state index is 0.563. The molecule has 0 bridgehead atoms. The predicted molar refractivity (Wildman–Crippen MR) is 81.2 cm³/mol. The first-order chi connectivity index (χ1) is 8.61. The van der Waals surface area contributed by atoms with Crippen LogP contribution < -0.4 is 10.1 Å². The van der Waals surface area contributed by atoms with Crippen LogP contribution in [0.5, 0.6) is 5.75 Å². The van der Waals surface area contributed by atoms with Crippen molar-refractivity contribution >= 4 is 15.9 Å². The zero-order chi connectivity index (χ0) is 13.4. The molecule has 102 valence electrons. The van der Waals surface area contributed by atoms with Crippen molar-refractivity contribution in [3.05, 3.63) is 28.7 Å². The average molecular weight is 314 g/mol. The fraction of sp³-hybridized carbons (Fsp3) is 0.600. The summed E-state index contributed by atoms with van der Waals surface area (Å²) < 4.78 is 6.74. The Morgan fingerprint density at radius 3 is 2.50 bits per heavy atom. The van der Waals surface area contributed by atoms with Crippen molar-refractivity contribution in [3.8, 4) is 5.75 Å². The standard InChI is InChI=1S/C15H24BrNO/c1-4-12(2)11-13(3)17-9-10-18-15-7-5-14(16)6-8-15/h5-8,12-13,17H,4,9-11H2,1-3H3. The van der Waals surface area contributed by atoms with Crippen LogP contribution in [0.1, 0.15) is 33.6 Å². The molecule has 0 aliphatic rings. The van der Waals surface area contributed by atoms with E-state index in [9.17, 15) is 0 Å². The van der Waals surface area contributed by atoms with Crippen molar-refractivity contribution in [1.82, 2.24) is 5.32 Å². The maximum atomic E-state index is 5.66. The Kier molecular flexibility index (Phi) is 7.36. The lowest BCUT2D eigenvalue weighted by molar-refractivity contribution is 0.299. The van der Waals surface area contributed by atoms with Crippen LogP contribution in [0.3, 0.4) is 0 Å². The maximum absolute atomic E-state index is 5.66. The highest BCUT2D eigenvalue weighted by atomic mass is 79.9. The summed E-state index contributed by atoms with van der Waals surface area (Å²) in [7, 11) is 0. The molecule has 2 unspecified atom stereocenters. The second-order valence-electron chi connectivity index (χ2n) is 4.91. The van der Waals surface area contributed by atoms with Gasteiger partial charge in [0.25, 0.3) is 0 Å². The van der Waals surface area contributed by atoms with Gasteiger partial charge in [-0.3, -0.25) is 0 Å². The summed E-state index contributed by atoms with van der Waals surface area (Å²) in [6, 6.07) is 8.51. The number of halogens is 1. The molecule has 0 aliphatic carbocycles. The highest BCUT2D eigenvalue weighted by molar-refractivity contribution is 9.10. The number of benzene rings is 1. The molecule has 1 N–H and O–H groups in total. The predicted octanol–water partition coefficient (Wildman–Crippen LogP) is 4.24. The molecular formula is C15H24BrNO. The minimum absolute atomic E-state index is 0.563. The number of hydrogen-bond acceptors (Lipinski definition) is 2. The number of rotatable bonds is 8. The van der Waals surface area contributed by atoms with E-state index >= 15 is 0 Å². The SMILES string of the molecule is CCC(C)CC(C)NCCOc1ccc(Br)cc1. The third kappa shape index (κ3) is 6.41. The van der Waals surface area contributed by atoms with Crippen molar-refractivity contribution in [2.24, 2.45) is 5.92 Å². The van der Waals surface area contributed by atoms with Crippen molar-refractivity contribution in [3.63, 3.8) is 0 Å². The normalized spacial score (nSPS) is 14.2. The largest absolute Gasteiger partial charge is 0.492 e. The fourth-order valence-electron chi connectivity index (χ4n) is 1.86. The van der Waals surface area contributed by atoms with E-state index in [1.165, 1.54) is 12.8 Å². The smallest absolute Gasteiger partial charge is 0.119 e. The summed E-state index contributed by atoms with van der Waals surface area (Å²) in [5.41, 5.74) is 0. The van der Waals surface area contributed by atoms with Crippen molar-refractivity contribution in [2.45, 2.75) is 39.7 Å². The molecule has 0 fully saturated rings. The lowest BCUT2D eigenvalue weighted by Gasteiger charge is -2.17. The molecule has 0 aromatic heterocycles. The molecule has 0 saturated heterocycles. The van der Waals surface area contributed by atoms with E-state index in [-0.39, 0.29) is 0 Å². The lowest BCUT2D eigenvalue weighted by atomic mass is 10.0. The summed E-state index contributed by atoms with van der Waals surface area (Å²) in [5, 5.41) is 3.50. The second-order valence-corrected chi connectivity index (χ2v) is 5.82. The van der Waals surface area contributed by atoms with Crippen molar-refractivity contribution in [2.75, 3.05) is 13.2 Å². The van der Waals surface area contributed by atoms with Gasteiger partial charge < -0.3 is 10.1 Å². The summed E-state index contributed by atoms with van der Waals surface area (Å²) in [5.74, 6) is 1.72.